The molecule has 4 heterocycles. The molecule has 1 aromatic heterocycles. The smallest absolute Gasteiger partial charge is 0.423 e. The van der Waals surface area contributed by atoms with Crippen molar-refractivity contribution >= 4 is 29.5 Å². The minimum absolute atomic E-state index is 0. The second kappa shape index (κ2) is 5.78. The Morgan fingerprint density at radius 1 is 1.23 bits per heavy atom. The van der Waals surface area contributed by atoms with Crippen molar-refractivity contribution in [3.05, 3.63) is 34.7 Å². The van der Waals surface area contributed by atoms with E-state index in [1.165, 1.54) is 0 Å². The van der Waals surface area contributed by atoms with Crippen molar-refractivity contribution in [1.29, 1.82) is 0 Å². The molecule has 3 fully saturated rings. The van der Waals surface area contributed by atoms with Crippen molar-refractivity contribution in [2.45, 2.75) is 18.9 Å². The molecule has 22 heavy (non-hydrogen) atoms. The molecule has 0 radical (unpaired) electrons. The van der Waals surface area contributed by atoms with Crippen LogP contribution in [0.25, 0.3) is 11.0 Å². The lowest BCUT2D eigenvalue weighted by Gasteiger charge is -2.43. The highest BCUT2D eigenvalue weighted by Gasteiger charge is 2.37. The molecular weight excluding hydrogens is 306 g/mol. The summed E-state index contributed by atoms with van der Waals surface area (Å²) in [6, 6.07) is 7.13. The Morgan fingerprint density at radius 2 is 1.95 bits per heavy atom. The Labute approximate surface area is 133 Å². The molecule has 0 spiro atoms. The van der Waals surface area contributed by atoms with Crippen LogP contribution in [0.2, 0.25) is 0 Å². The van der Waals surface area contributed by atoms with Crippen LogP contribution in [-0.2, 0) is 4.74 Å². The second-order valence-electron chi connectivity index (χ2n) is 5.84. The Kier molecular flexibility index (Phi) is 3.97. The molecule has 3 aliphatic heterocycles. The van der Waals surface area contributed by atoms with Gasteiger partial charge in [0.2, 0.25) is 0 Å². The third kappa shape index (κ3) is 2.42. The molecule has 0 aliphatic carbocycles. The second-order valence-corrected chi connectivity index (χ2v) is 5.84. The molecule has 2 bridgehead atoms. The number of rotatable bonds is 1. The van der Waals surface area contributed by atoms with E-state index in [0.717, 1.165) is 37.0 Å². The highest BCUT2D eigenvalue weighted by molar-refractivity contribution is 5.86. The van der Waals surface area contributed by atoms with Crippen molar-refractivity contribution in [1.82, 2.24) is 14.5 Å². The molecule has 7 heteroatoms. The number of aromatic nitrogens is 2. The van der Waals surface area contributed by atoms with Crippen LogP contribution in [0.4, 0.5) is 4.79 Å². The fourth-order valence-corrected chi connectivity index (χ4v) is 3.46. The molecule has 1 unspecified atom stereocenters. The van der Waals surface area contributed by atoms with Crippen LogP contribution in [0.15, 0.2) is 29.1 Å². The maximum absolute atomic E-state index is 12.4. The number of imidazole rings is 1. The fraction of sp³-hybridized carbons (Fsp3) is 0.467. The molecule has 2 aromatic rings. The van der Waals surface area contributed by atoms with E-state index in [9.17, 15) is 9.59 Å². The lowest BCUT2D eigenvalue weighted by atomic mass is 9.86. The van der Waals surface area contributed by atoms with E-state index in [0.29, 0.717) is 17.0 Å². The lowest BCUT2D eigenvalue weighted by molar-refractivity contribution is -0.0327. The number of fused-ring (bicyclic) bond motifs is 4. The fourth-order valence-electron chi connectivity index (χ4n) is 3.46. The van der Waals surface area contributed by atoms with E-state index >= 15 is 0 Å². The summed E-state index contributed by atoms with van der Waals surface area (Å²) in [5.74, 6) is 0.430. The third-order valence-corrected chi connectivity index (χ3v) is 4.62. The third-order valence-electron chi connectivity index (χ3n) is 4.62. The summed E-state index contributed by atoms with van der Waals surface area (Å²) in [5, 5.41) is 0. The normalized spacial score (nSPS) is 26.6. The number of H-pyrrole nitrogens is 1. The quantitative estimate of drug-likeness (QED) is 0.869. The van der Waals surface area contributed by atoms with Gasteiger partial charge in [0.1, 0.15) is 6.10 Å². The van der Waals surface area contributed by atoms with Gasteiger partial charge in [0.15, 0.2) is 0 Å². The molecule has 1 N–H and O–H groups in total. The summed E-state index contributed by atoms with van der Waals surface area (Å²) in [6.45, 7) is 2.96. The molecule has 6 nitrogen and oxygen atoms in total. The van der Waals surface area contributed by atoms with Gasteiger partial charge in [-0.1, -0.05) is 12.1 Å². The average molecular weight is 324 g/mol. The molecule has 0 amide bonds. The first-order valence-corrected chi connectivity index (χ1v) is 7.35. The van der Waals surface area contributed by atoms with Crippen molar-refractivity contribution in [2.24, 2.45) is 5.92 Å². The number of benzene rings is 1. The summed E-state index contributed by atoms with van der Waals surface area (Å²) in [7, 11) is 0. The molecule has 5 rings (SSSR count). The van der Waals surface area contributed by atoms with Crippen molar-refractivity contribution in [3.63, 3.8) is 0 Å². The highest BCUT2D eigenvalue weighted by Crippen LogP contribution is 2.29. The maximum Gasteiger partial charge on any atom is 0.423 e. The number of carbonyl (C=O) groups is 1. The number of hydrogen-bond acceptors (Lipinski definition) is 4. The van der Waals surface area contributed by atoms with Gasteiger partial charge in [-0.2, -0.15) is 4.57 Å². The largest absolute Gasteiger partial charge is 0.444 e. The number of ether oxygens (including phenoxy) is 1. The molecule has 3 saturated heterocycles. The molecule has 3 aliphatic rings. The zero-order chi connectivity index (χ0) is 14.4. The number of carbonyl (C=O) groups excluding carboxylic acids is 1. The van der Waals surface area contributed by atoms with Gasteiger partial charge < -0.3 is 9.72 Å². The maximum atomic E-state index is 12.4. The van der Waals surface area contributed by atoms with Gasteiger partial charge in [0.25, 0.3) is 0 Å². The SMILES string of the molecule is Cl.O=C(OC1CN2CCC1CC2)n1c(=O)[nH]c2ccccc21. The average Bonchev–Trinajstić information content (AvgIpc) is 2.84. The summed E-state index contributed by atoms with van der Waals surface area (Å²) in [6.07, 6.45) is 1.47. The van der Waals surface area contributed by atoms with Crippen LogP contribution in [-0.4, -0.2) is 46.3 Å². The van der Waals surface area contributed by atoms with Gasteiger partial charge in [-0.25, -0.2) is 9.59 Å². The number of piperidine rings is 3. The van der Waals surface area contributed by atoms with Crippen LogP contribution < -0.4 is 5.69 Å². The van der Waals surface area contributed by atoms with Crippen molar-refractivity contribution in [2.75, 3.05) is 19.6 Å². The van der Waals surface area contributed by atoms with Crippen LogP contribution in [0.3, 0.4) is 0 Å². The van der Waals surface area contributed by atoms with Gasteiger partial charge in [0.05, 0.1) is 11.0 Å². The first-order chi connectivity index (χ1) is 10.2. The molecule has 0 saturated carbocycles. The Morgan fingerprint density at radius 3 is 2.64 bits per heavy atom. The van der Waals surface area contributed by atoms with E-state index in [-0.39, 0.29) is 18.5 Å². The number of aromatic amines is 1. The summed E-state index contributed by atoms with van der Waals surface area (Å²) < 4.78 is 6.71. The van der Waals surface area contributed by atoms with Crippen LogP contribution in [0.5, 0.6) is 0 Å². The van der Waals surface area contributed by atoms with Crippen LogP contribution >= 0.6 is 12.4 Å². The zero-order valence-corrected chi connectivity index (χ0v) is 12.8. The molecular formula is C15H18ClN3O3. The number of halogens is 1. The summed E-state index contributed by atoms with van der Waals surface area (Å²) in [4.78, 5) is 29.4. The molecule has 1 aromatic carbocycles. The van der Waals surface area contributed by atoms with E-state index in [1.807, 2.05) is 6.07 Å². The Bertz CT molecular complexity index is 746. The Balaban J connectivity index is 0.00000144. The minimum atomic E-state index is -0.573. The van der Waals surface area contributed by atoms with Crippen LogP contribution in [0, 0.1) is 5.92 Å². The molecule has 1 atom stereocenters. The lowest BCUT2D eigenvalue weighted by Crippen LogP contribution is -2.52. The number of hydrogen-bond donors (Lipinski definition) is 1. The first-order valence-electron chi connectivity index (χ1n) is 7.35. The van der Waals surface area contributed by atoms with Gasteiger partial charge >= 0.3 is 11.8 Å². The van der Waals surface area contributed by atoms with Gasteiger partial charge in [-0.3, -0.25) is 4.90 Å². The van der Waals surface area contributed by atoms with E-state index in [1.54, 1.807) is 18.2 Å². The van der Waals surface area contributed by atoms with Crippen molar-refractivity contribution in [3.8, 4) is 0 Å². The zero-order valence-electron chi connectivity index (χ0n) is 12.0. The monoisotopic (exact) mass is 323 g/mol. The van der Waals surface area contributed by atoms with Gasteiger partial charge in [-0.05, 0) is 44.0 Å². The Hall–Kier alpha value is -1.79. The summed E-state index contributed by atoms with van der Waals surface area (Å²) >= 11 is 0. The van der Waals surface area contributed by atoms with Gasteiger partial charge in [0, 0.05) is 6.54 Å². The minimum Gasteiger partial charge on any atom is -0.444 e. The van der Waals surface area contributed by atoms with Gasteiger partial charge in [-0.15, -0.1) is 12.4 Å². The highest BCUT2D eigenvalue weighted by atomic mass is 35.5. The predicted octanol–water partition coefficient (Wildman–Crippen LogP) is 1.83. The first kappa shape index (κ1) is 15.1. The van der Waals surface area contributed by atoms with E-state index in [2.05, 4.69) is 9.88 Å². The standard InChI is InChI=1S/C15H17N3O3.ClH/c19-14-16-11-3-1-2-4-12(11)18(14)15(20)21-13-9-17-7-5-10(13)6-8-17;/h1-4,10,13H,5-9H2,(H,16,19);1H. The molecule has 118 valence electrons. The topological polar surface area (TPSA) is 67.3 Å². The summed E-state index contributed by atoms with van der Waals surface area (Å²) in [5.41, 5.74) is 0.768. The predicted molar refractivity (Wildman–Crippen MR) is 84.6 cm³/mol. The van der Waals surface area contributed by atoms with Crippen molar-refractivity contribution < 1.29 is 9.53 Å². The number of nitrogens with zero attached hydrogens (tertiary/aromatic N) is 2. The number of para-hydroxylation sites is 2. The van der Waals surface area contributed by atoms with E-state index < -0.39 is 11.8 Å². The van der Waals surface area contributed by atoms with E-state index in [4.69, 9.17) is 4.74 Å². The van der Waals surface area contributed by atoms with Crippen LogP contribution in [0.1, 0.15) is 12.8 Å². The number of nitrogens with one attached hydrogen (secondary N) is 1.